The number of anilines is 1. The van der Waals surface area contributed by atoms with E-state index >= 15 is 0 Å². The predicted octanol–water partition coefficient (Wildman–Crippen LogP) is 2.18. The van der Waals surface area contributed by atoms with Crippen molar-refractivity contribution in [1.29, 1.82) is 0 Å². The number of hydrogen-bond acceptors (Lipinski definition) is 6. The standard InChI is InChI=1S/C14H19N5O/c1-9(2)5-10-6-12(15-3)19-14(18-10)11-7-13(20-4)17-8-16-11/h6-9H,5H2,1-4H3,(H,15,18,19). The molecule has 6 nitrogen and oxygen atoms in total. The minimum absolute atomic E-state index is 0.499. The van der Waals surface area contributed by atoms with Gasteiger partial charge in [0.05, 0.1) is 7.11 Å². The molecule has 0 saturated heterocycles. The van der Waals surface area contributed by atoms with Crippen molar-refractivity contribution >= 4 is 5.82 Å². The van der Waals surface area contributed by atoms with Crippen LogP contribution in [-0.2, 0) is 6.42 Å². The molecule has 106 valence electrons. The van der Waals surface area contributed by atoms with Gasteiger partial charge in [-0.1, -0.05) is 13.8 Å². The van der Waals surface area contributed by atoms with Gasteiger partial charge in [0.25, 0.3) is 0 Å². The molecular formula is C14H19N5O. The fourth-order valence-corrected chi connectivity index (χ4v) is 1.84. The molecule has 1 N–H and O–H groups in total. The summed E-state index contributed by atoms with van der Waals surface area (Å²) in [4.78, 5) is 17.2. The smallest absolute Gasteiger partial charge is 0.216 e. The third kappa shape index (κ3) is 3.40. The summed E-state index contributed by atoms with van der Waals surface area (Å²) in [7, 11) is 3.41. The van der Waals surface area contributed by atoms with Gasteiger partial charge >= 0.3 is 0 Å². The van der Waals surface area contributed by atoms with Crippen LogP contribution in [0.5, 0.6) is 5.88 Å². The van der Waals surface area contributed by atoms with Gasteiger partial charge in [0.15, 0.2) is 5.82 Å². The van der Waals surface area contributed by atoms with Gasteiger partial charge in [-0.25, -0.2) is 19.9 Å². The van der Waals surface area contributed by atoms with Crippen LogP contribution in [0.25, 0.3) is 11.5 Å². The summed E-state index contributed by atoms with van der Waals surface area (Å²) in [6.07, 6.45) is 2.35. The Hall–Kier alpha value is -2.24. The van der Waals surface area contributed by atoms with Gasteiger partial charge in [-0.3, -0.25) is 0 Å². The molecule has 0 aliphatic carbocycles. The second kappa shape index (κ2) is 6.27. The van der Waals surface area contributed by atoms with Crippen molar-refractivity contribution in [2.45, 2.75) is 20.3 Å². The van der Waals surface area contributed by atoms with Crippen LogP contribution >= 0.6 is 0 Å². The lowest BCUT2D eigenvalue weighted by Crippen LogP contribution is -2.04. The largest absolute Gasteiger partial charge is 0.481 e. The molecule has 0 aromatic carbocycles. The van der Waals surface area contributed by atoms with Gasteiger partial charge in [0, 0.05) is 24.9 Å². The molecule has 2 rings (SSSR count). The van der Waals surface area contributed by atoms with Crippen molar-refractivity contribution in [3.05, 3.63) is 24.2 Å². The normalized spacial score (nSPS) is 10.7. The van der Waals surface area contributed by atoms with Crippen LogP contribution in [-0.4, -0.2) is 34.1 Å². The molecule has 0 amide bonds. The lowest BCUT2D eigenvalue weighted by molar-refractivity contribution is 0.397. The summed E-state index contributed by atoms with van der Waals surface area (Å²) >= 11 is 0. The van der Waals surface area contributed by atoms with Crippen molar-refractivity contribution in [3.8, 4) is 17.4 Å². The molecular weight excluding hydrogens is 254 g/mol. The molecule has 0 saturated carbocycles. The highest BCUT2D eigenvalue weighted by atomic mass is 16.5. The Labute approximate surface area is 118 Å². The van der Waals surface area contributed by atoms with Gasteiger partial charge in [-0.05, 0) is 12.3 Å². The van der Waals surface area contributed by atoms with Crippen molar-refractivity contribution in [1.82, 2.24) is 19.9 Å². The van der Waals surface area contributed by atoms with Crippen LogP contribution in [0.1, 0.15) is 19.5 Å². The number of ether oxygens (including phenoxy) is 1. The number of nitrogens with one attached hydrogen (secondary N) is 1. The molecule has 0 radical (unpaired) electrons. The van der Waals surface area contributed by atoms with Crippen molar-refractivity contribution in [2.24, 2.45) is 5.92 Å². The monoisotopic (exact) mass is 273 g/mol. The second-order valence-electron chi connectivity index (χ2n) is 4.86. The summed E-state index contributed by atoms with van der Waals surface area (Å²) in [5, 5.41) is 3.05. The molecule has 0 spiro atoms. The summed E-state index contributed by atoms with van der Waals surface area (Å²) in [6.45, 7) is 4.32. The first kappa shape index (κ1) is 14.2. The topological polar surface area (TPSA) is 72.8 Å². The SMILES string of the molecule is CNc1cc(CC(C)C)nc(-c2cc(OC)ncn2)n1. The Morgan fingerprint density at radius 1 is 1.20 bits per heavy atom. The number of rotatable bonds is 5. The molecule has 0 aliphatic heterocycles. The molecule has 2 aromatic heterocycles. The van der Waals surface area contributed by atoms with Crippen LogP contribution in [0.4, 0.5) is 5.82 Å². The van der Waals surface area contributed by atoms with Gasteiger partial charge in [0.2, 0.25) is 5.88 Å². The minimum Gasteiger partial charge on any atom is -0.481 e. The highest BCUT2D eigenvalue weighted by Crippen LogP contribution is 2.19. The maximum absolute atomic E-state index is 5.11. The van der Waals surface area contributed by atoms with E-state index in [9.17, 15) is 0 Å². The lowest BCUT2D eigenvalue weighted by Gasteiger charge is -2.09. The summed E-state index contributed by atoms with van der Waals surface area (Å²) in [5.74, 6) is 2.39. The van der Waals surface area contributed by atoms with Gasteiger partial charge < -0.3 is 10.1 Å². The van der Waals surface area contributed by atoms with Crippen LogP contribution < -0.4 is 10.1 Å². The number of hydrogen-bond donors (Lipinski definition) is 1. The third-order valence-electron chi connectivity index (χ3n) is 2.73. The Morgan fingerprint density at radius 2 is 2.00 bits per heavy atom. The fourth-order valence-electron chi connectivity index (χ4n) is 1.84. The molecule has 6 heteroatoms. The van der Waals surface area contributed by atoms with Crippen LogP contribution in [0.2, 0.25) is 0 Å². The average molecular weight is 273 g/mol. The Bertz CT molecular complexity index is 586. The second-order valence-corrected chi connectivity index (χ2v) is 4.86. The maximum atomic E-state index is 5.11. The number of methoxy groups -OCH3 is 1. The summed E-state index contributed by atoms with van der Waals surface area (Å²) < 4.78 is 5.11. The minimum atomic E-state index is 0.499. The Morgan fingerprint density at radius 3 is 2.65 bits per heavy atom. The first-order valence-corrected chi connectivity index (χ1v) is 6.54. The van der Waals surface area contributed by atoms with E-state index in [2.05, 4.69) is 39.1 Å². The number of aromatic nitrogens is 4. The first-order valence-electron chi connectivity index (χ1n) is 6.54. The van der Waals surface area contributed by atoms with E-state index in [0.717, 1.165) is 17.9 Å². The lowest BCUT2D eigenvalue weighted by atomic mass is 10.1. The van der Waals surface area contributed by atoms with E-state index in [1.54, 1.807) is 13.2 Å². The summed E-state index contributed by atoms with van der Waals surface area (Å²) in [6, 6.07) is 3.69. The molecule has 0 fully saturated rings. The molecule has 0 atom stereocenters. The molecule has 2 heterocycles. The average Bonchev–Trinajstić information content (AvgIpc) is 2.46. The van der Waals surface area contributed by atoms with E-state index in [0.29, 0.717) is 23.3 Å². The highest BCUT2D eigenvalue weighted by Gasteiger charge is 2.10. The third-order valence-corrected chi connectivity index (χ3v) is 2.73. The molecule has 0 unspecified atom stereocenters. The van der Waals surface area contributed by atoms with E-state index in [-0.39, 0.29) is 0 Å². The quantitative estimate of drug-likeness (QED) is 0.900. The zero-order chi connectivity index (χ0) is 14.5. The van der Waals surface area contributed by atoms with Gasteiger partial charge in [0.1, 0.15) is 17.8 Å². The first-order chi connectivity index (χ1) is 9.62. The van der Waals surface area contributed by atoms with Crippen molar-refractivity contribution < 1.29 is 4.74 Å². The number of nitrogens with zero attached hydrogens (tertiary/aromatic N) is 4. The van der Waals surface area contributed by atoms with Crippen LogP contribution in [0, 0.1) is 5.92 Å². The van der Waals surface area contributed by atoms with E-state index in [4.69, 9.17) is 4.74 Å². The molecule has 2 aromatic rings. The highest BCUT2D eigenvalue weighted by molar-refractivity contribution is 5.54. The summed E-state index contributed by atoms with van der Waals surface area (Å²) in [5.41, 5.74) is 1.64. The van der Waals surface area contributed by atoms with Crippen molar-refractivity contribution in [3.63, 3.8) is 0 Å². The molecule has 0 bridgehead atoms. The zero-order valence-electron chi connectivity index (χ0n) is 12.2. The maximum Gasteiger partial charge on any atom is 0.216 e. The zero-order valence-corrected chi connectivity index (χ0v) is 12.2. The van der Waals surface area contributed by atoms with E-state index in [1.807, 2.05) is 13.1 Å². The van der Waals surface area contributed by atoms with E-state index in [1.165, 1.54) is 6.33 Å². The van der Waals surface area contributed by atoms with Crippen LogP contribution in [0.15, 0.2) is 18.5 Å². The Balaban J connectivity index is 2.43. The van der Waals surface area contributed by atoms with Gasteiger partial charge in [-0.2, -0.15) is 0 Å². The van der Waals surface area contributed by atoms with Crippen molar-refractivity contribution in [2.75, 3.05) is 19.5 Å². The predicted molar refractivity (Wildman–Crippen MR) is 77.7 cm³/mol. The van der Waals surface area contributed by atoms with E-state index < -0.39 is 0 Å². The van der Waals surface area contributed by atoms with Crippen LogP contribution in [0.3, 0.4) is 0 Å². The Kier molecular flexibility index (Phi) is 4.45. The van der Waals surface area contributed by atoms with Gasteiger partial charge in [-0.15, -0.1) is 0 Å². The fraction of sp³-hybridized carbons (Fsp3) is 0.429. The molecule has 0 aliphatic rings. The molecule has 20 heavy (non-hydrogen) atoms.